The van der Waals surface area contributed by atoms with Crippen molar-refractivity contribution >= 4 is 46.3 Å². The molecule has 2 aromatic rings. The van der Waals surface area contributed by atoms with Gasteiger partial charge in [-0.3, -0.25) is 9.59 Å². The number of likely N-dealkylation sites (tertiary alicyclic amines) is 1. The van der Waals surface area contributed by atoms with Gasteiger partial charge >= 0.3 is 0 Å². The maximum absolute atomic E-state index is 13.2. The summed E-state index contributed by atoms with van der Waals surface area (Å²) in [5.74, 6) is -1.57. The third kappa shape index (κ3) is 4.97. The van der Waals surface area contributed by atoms with Crippen LogP contribution in [-0.4, -0.2) is 49.4 Å². The van der Waals surface area contributed by atoms with Gasteiger partial charge in [-0.1, -0.05) is 55.1 Å². The van der Waals surface area contributed by atoms with Crippen molar-refractivity contribution in [3.63, 3.8) is 0 Å². The van der Waals surface area contributed by atoms with E-state index >= 15 is 0 Å². The van der Waals surface area contributed by atoms with E-state index in [0.29, 0.717) is 6.54 Å². The largest absolute Gasteiger partial charge is 0.507 e. The first-order chi connectivity index (χ1) is 15.7. The molecule has 1 N–H and O–H groups in total. The van der Waals surface area contributed by atoms with Crippen LogP contribution in [0.4, 0.5) is 5.69 Å². The SMILES string of the molecule is CCCCCN1C(=O)C(=O)/C(=C(/O)c2cc(Cl)cc(Cl)c2OC)C1c1ccc(N(C)C)cc1. The lowest BCUT2D eigenvalue weighted by molar-refractivity contribution is -0.139. The van der Waals surface area contributed by atoms with Gasteiger partial charge in [-0.2, -0.15) is 0 Å². The molecule has 6 nitrogen and oxygen atoms in total. The number of methoxy groups -OCH3 is 1. The predicted molar refractivity (Wildman–Crippen MR) is 132 cm³/mol. The molecular formula is C25H28Cl2N2O4. The zero-order valence-corrected chi connectivity index (χ0v) is 20.7. The van der Waals surface area contributed by atoms with Gasteiger partial charge < -0.3 is 19.6 Å². The van der Waals surface area contributed by atoms with E-state index in [1.807, 2.05) is 43.3 Å². The molecule has 0 aliphatic carbocycles. The van der Waals surface area contributed by atoms with Crippen LogP contribution in [0.25, 0.3) is 5.76 Å². The van der Waals surface area contributed by atoms with Crippen LogP contribution in [0.1, 0.15) is 43.4 Å². The normalized spacial score (nSPS) is 17.5. The molecule has 33 heavy (non-hydrogen) atoms. The van der Waals surface area contributed by atoms with Crippen LogP contribution >= 0.6 is 23.2 Å². The van der Waals surface area contributed by atoms with E-state index < -0.39 is 17.7 Å². The lowest BCUT2D eigenvalue weighted by atomic mass is 9.94. The molecule has 1 amide bonds. The zero-order valence-electron chi connectivity index (χ0n) is 19.2. The number of unbranched alkanes of at least 4 members (excludes halogenated alkanes) is 2. The Morgan fingerprint density at radius 1 is 1.12 bits per heavy atom. The van der Waals surface area contributed by atoms with Crippen molar-refractivity contribution in [1.82, 2.24) is 4.90 Å². The number of aliphatic hydroxyl groups is 1. The van der Waals surface area contributed by atoms with E-state index in [2.05, 4.69) is 6.92 Å². The fourth-order valence-electron chi connectivity index (χ4n) is 4.03. The molecule has 1 aliphatic rings. The van der Waals surface area contributed by atoms with Gasteiger partial charge in [0, 0.05) is 31.4 Å². The molecule has 8 heteroatoms. The van der Waals surface area contributed by atoms with Crippen LogP contribution in [0.2, 0.25) is 10.0 Å². The molecule has 0 spiro atoms. The second kappa shape index (κ2) is 10.5. The Hall–Kier alpha value is -2.70. The minimum absolute atomic E-state index is 0.00858. The quantitative estimate of drug-likeness (QED) is 0.223. The number of halogens is 2. The third-order valence-corrected chi connectivity index (χ3v) is 6.23. The van der Waals surface area contributed by atoms with Crippen molar-refractivity contribution in [2.75, 3.05) is 32.6 Å². The van der Waals surface area contributed by atoms with E-state index in [-0.39, 0.29) is 32.7 Å². The number of ketones is 1. The predicted octanol–water partition coefficient (Wildman–Crippen LogP) is 5.68. The summed E-state index contributed by atoms with van der Waals surface area (Å²) in [6.07, 6.45) is 2.65. The number of aliphatic hydroxyl groups excluding tert-OH is 1. The van der Waals surface area contributed by atoms with E-state index in [9.17, 15) is 14.7 Å². The molecule has 1 heterocycles. The molecular weight excluding hydrogens is 463 g/mol. The molecule has 2 aromatic carbocycles. The number of benzene rings is 2. The maximum atomic E-state index is 13.2. The lowest BCUT2D eigenvalue weighted by Crippen LogP contribution is -2.30. The average Bonchev–Trinajstić information content (AvgIpc) is 3.03. The van der Waals surface area contributed by atoms with Crippen molar-refractivity contribution in [3.05, 3.63) is 63.1 Å². The Kier molecular flexibility index (Phi) is 7.92. The fourth-order valence-corrected chi connectivity index (χ4v) is 4.60. The number of anilines is 1. The molecule has 3 rings (SSSR count). The van der Waals surface area contributed by atoms with Crippen LogP contribution < -0.4 is 9.64 Å². The number of ether oxygens (including phenoxy) is 1. The molecule has 1 aliphatic heterocycles. The Morgan fingerprint density at radius 3 is 2.36 bits per heavy atom. The van der Waals surface area contributed by atoms with Crippen molar-refractivity contribution in [3.8, 4) is 5.75 Å². The molecule has 176 valence electrons. The summed E-state index contributed by atoms with van der Waals surface area (Å²) in [4.78, 5) is 29.7. The minimum Gasteiger partial charge on any atom is -0.507 e. The number of hydrogen-bond donors (Lipinski definition) is 1. The summed E-state index contributed by atoms with van der Waals surface area (Å²) < 4.78 is 5.36. The Morgan fingerprint density at radius 2 is 1.79 bits per heavy atom. The summed E-state index contributed by atoms with van der Waals surface area (Å²) in [6.45, 7) is 2.48. The number of rotatable bonds is 8. The van der Waals surface area contributed by atoms with Gasteiger partial charge in [0.2, 0.25) is 0 Å². The summed E-state index contributed by atoms with van der Waals surface area (Å²) >= 11 is 12.4. The Labute approximate surface area is 204 Å². The number of carbonyl (C=O) groups excluding carboxylic acids is 2. The molecule has 0 aromatic heterocycles. The summed E-state index contributed by atoms with van der Waals surface area (Å²) in [6, 6.07) is 9.79. The second-order valence-corrected chi connectivity index (χ2v) is 9.00. The zero-order chi connectivity index (χ0) is 24.3. The molecule has 0 saturated carbocycles. The lowest BCUT2D eigenvalue weighted by Gasteiger charge is -2.26. The van der Waals surface area contributed by atoms with Gasteiger partial charge in [0.1, 0.15) is 11.5 Å². The fraction of sp³-hybridized carbons (Fsp3) is 0.360. The highest BCUT2D eigenvalue weighted by Crippen LogP contribution is 2.43. The molecule has 1 saturated heterocycles. The number of nitrogens with zero attached hydrogens (tertiary/aromatic N) is 2. The van der Waals surface area contributed by atoms with Crippen LogP contribution in [0.15, 0.2) is 42.0 Å². The number of Topliss-reactive ketones (excluding diaryl/α,β-unsaturated/α-hetero) is 1. The highest BCUT2D eigenvalue weighted by molar-refractivity contribution is 6.46. The molecule has 0 bridgehead atoms. The topological polar surface area (TPSA) is 70.1 Å². The third-order valence-electron chi connectivity index (χ3n) is 5.74. The minimum atomic E-state index is -0.746. The number of amides is 1. The highest BCUT2D eigenvalue weighted by atomic mass is 35.5. The van der Waals surface area contributed by atoms with Gasteiger partial charge in [0.15, 0.2) is 0 Å². The monoisotopic (exact) mass is 490 g/mol. The van der Waals surface area contributed by atoms with Gasteiger partial charge in [-0.15, -0.1) is 0 Å². The first kappa shape index (κ1) is 24.9. The van der Waals surface area contributed by atoms with Crippen molar-refractivity contribution in [2.24, 2.45) is 0 Å². The first-order valence-corrected chi connectivity index (χ1v) is 11.6. The van der Waals surface area contributed by atoms with E-state index in [0.717, 1.165) is 30.5 Å². The first-order valence-electron chi connectivity index (χ1n) is 10.8. The van der Waals surface area contributed by atoms with Gasteiger partial charge in [-0.05, 0) is 36.2 Å². The van der Waals surface area contributed by atoms with Gasteiger partial charge in [0.25, 0.3) is 11.7 Å². The molecule has 1 unspecified atom stereocenters. The van der Waals surface area contributed by atoms with Crippen LogP contribution in [0.5, 0.6) is 5.75 Å². The second-order valence-electron chi connectivity index (χ2n) is 8.15. The summed E-state index contributed by atoms with van der Waals surface area (Å²) in [7, 11) is 5.27. The van der Waals surface area contributed by atoms with E-state index in [1.165, 1.54) is 24.1 Å². The maximum Gasteiger partial charge on any atom is 0.295 e. The van der Waals surface area contributed by atoms with Crippen LogP contribution in [-0.2, 0) is 9.59 Å². The van der Waals surface area contributed by atoms with Crippen LogP contribution in [0.3, 0.4) is 0 Å². The van der Waals surface area contributed by atoms with Gasteiger partial charge in [-0.25, -0.2) is 0 Å². The molecule has 1 fully saturated rings. The van der Waals surface area contributed by atoms with E-state index in [4.69, 9.17) is 27.9 Å². The van der Waals surface area contributed by atoms with Gasteiger partial charge in [0.05, 0.1) is 29.3 Å². The standard InChI is InChI=1S/C25H28Cl2N2O4/c1-5-6-7-12-29-21(15-8-10-17(11-9-15)28(2)3)20(23(31)25(29)32)22(30)18-13-16(26)14-19(27)24(18)33-4/h8-11,13-14,21,30H,5-7,12H2,1-4H3/b22-20+. The molecule has 0 radical (unpaired) electrons. The van der Waals surface area contributed by atoms with Crippen molar-refractivity contribution < 1.29 is 19.4 Å². The van der Waals surface area contributed by atoms with Crippen molar-refractivity contribution in [2.45, 2.75) is 32.2 Å². The summed E-state index contributed by atoms with van der Waals surface area (Å²) in [5, 5.41) is 11.8. The smallest absolute Gasteiger partial charge is 0.295 e. The van der Waals surface area contributed by atoms with E-state index in [1.54, 1.807) is 0 Å². The Balaban J connectivity index is 2.20. The summed E-state index contributed by atoms with van der Waals surface area (Å²) in [5.41, 5.74) is 1.86. The molecule has 1 atom stereocenters. The average molecular weight is 491 g/mol. The highest BCUT2D eigenvalue weighted by Gasteiger charge is 2.46. The Bertz CT molecular complexity index is 1080. The number of hydrogen-bond acceptors (Lipinski definition) is 5. The van der Waals surface area contributed by atoms with Crippen molar-refractivity contribution in [1.29, 1.82) is 0 Å². The van der Waals surface area contributed by atoms with Crippen LogP contribution in [0, 0.1) is 0 Å². The number of carbonyl (C=O) groups is 2.